The second-order valence-corrected chi connectivity index (χ2v) is 4.62. The first-order chi connectivity index (χ1) is 8.75. The summed E-state index contributed by atoms with van der Waals surface area (Å²) in [7, 11) is 0. The van der Waals surface area contributed by atoms with Crippen LogP contribution in [0.5, 0.6) is 0 Å². The van der Waals surface area contributed by atoms with Crippen molar-refractivity contribution in [3.8, 4) is 0 Å². The van der Waals surface area contributed by atoms with Crippen molar-refractivity contribution in [2.75, 3.05) is 13.1 Å². The minimum Gasteiger partial charge on any atom is -0.481 e. The Bertz CT molecular complexity index is 400. The van der Waals surface area contributed by atoms with Crippen molar-refractivity contribution in [3.63, 3.8) is 0 Å². The number of benzene rings is 1. The van der Waals surface area contributed by atoms with Crippen LogP contribution in [0.2, 0.25) is 0 Å². The molecule has 1 fully saturated rings. The van der Waals surface area contributed by atoms with Crippen molar-refractivity contribution < 1.29 is 14.6 Å². The summed E-state index contributed by atoms with van der Waals surface area (Å²) in [5, 5.41) is 12.2. The molecule has 0 amide bonds. The summed E-state index contributed by atoms with van der Waals surface area (Å²) in [6.45, 7) is 2.45. The normalized spacial score (nSPS) is 19.7. The Hall–Kier alpha value is -1.39. The fourth-order valence-corrected chi connectivity index (χ4v) is 2.20. The summed E-state index contributed by atoms with van der Waals surface area (Å²) in [4.78, 5) is 10.8. The van der Waals surface area contributed by atoms with E-state index < -0.39 is 5.97 Å². The molecule has 0 aliphatic carbocycles. The Balaban J connectivity index is 1.93. The average molecular weight is 249 g/mol. The number of carboxylic acid groups (broad SMARTS) is 1. The van der Waals surface area contributed by atoms with Crippen LogP contribution in [0, 0.1) is 0 Å². The molecule has 0 saturated carbocycles. The molecular formula is C14H19NO3. The highest BCUT2D eigenvalue weighted by Gasteiger charge is 2.14. The van der Waals surface area contributed by atoms with Gasteiger partial charge in [0.1, 0.15) is 0 Å². The minimum atomic E-state index is -0.804. The lowest BCUT2D eigenvalue weighted by atomic mass is 10.1. The van der Waals surface area contributed by atoms with Gasteiger partial charge in [-0.2, -0.15) is 0 Å². The standard InChI is InChI=1S/C14H19NO3/c16-14(17)8-11-4-1-2-5-12(11)10-18-13-6-3-7-15-9-13/h1-2,4-5,13,15H,3,6-10H2,(H,16,17)/t13-/m0/s1. The van der Waals surface area contributed by atoms with Crippen LogP contribution in [0.3, 0.4) is 0 Å². The predicted octanol–water partition coefficient (Wildman–Crippen LogP) is 1.58. The van der Waals surface area contributed by atoms with Crippen molar-refractivity contribution in [2.45, 2.75) is 32.0 Å². The SMILES string of the molecule is O=C(O)Cc1ccccc1CO[C@H]1CCCNC1. The van der Waals surface area contributed by atoms with E-state index in [0.717, 1.165) is 37.1 Å². The molecule has 0 bridgehead atoms. The summed E-state index contributed by atoms with van der Waals surface area (Å²) in [5.41, 5.74) is 1.82. The first kappa shape index (κ1) is 13.1. The maximum absolute atomic E-state index is 10.8. The summed E-state index contributed by atoms with van der Waals surface area (Å²) in [6, 6.07) is 7.58. The van der Waals surface area contributed by atoms with E-state index in [1.165, 1.54) is 0 Å². The Morgan fingerprint density at radius 3 is 2.83 bits per heavy atom. The van der Waals surface area contributed by atoms with Crippen LogP contribution in [-0.2, 0) is 22.6 Å². The molecule has 4 nitrogen and oxygen atoms in total. The zero-order chi connectivity index (χ0) is 12.8. The molecule has 0 aromatic heterocycles. The third-order valence-electron chi connectivity index (χ3n) is 3.19. The van der Waals surface area contributed by atoms with Crippen LogP contribution in [0.1, 0.15) is 24.0 Å². The second-order valence-electron chi connectivity index (χ2n) is 4.62. The molecule has 0 spiro atoms. The second kappa shape index (κ2) is 6.52. The van der Waals surface area contributed by atoms with Crippen molar-refractivity contribution in [1.29, 1.82) is 0 Å². The molecule has 1 aromatic rings. The van der Waals surface area contributed by atoms with E-state index >= 15 is 0 Å². The first-order valence-corrected chi connectivity index (χ1v) is 6.36. The first-order valence-electron chi connectivity index (χ1n) is 6.36. The molecule has 1 aliphatic rings. The lowest BCUT2D eigenvalue weighted by Crippen LogP contribution is -2.35. The van der Waals surface area contributed by atoms with Crippen molar-refractivity contribution in [1.82, 2.24) is 5.32 Å². The van der Waals surface area contributed by atoms with E-state index in [1.54, 1.807) is 0 Å². The monoisotopic (exact) mass is 249 g/mol. The summed E-state index contributed by atoms with van der Waals surface area (Å²) in [5.74, 6) is -0.804. The molecule has 1 saturated heterocycles. The van der Waals surface area contributed by atoms with Gasteiger partial charge in [0, 0.05) is 6.54 Å². The van der Waals surface area contributed by atoms with Gasteiger partial charge in [0.05, 0.1) is 19.1 Å². The summed E-state index contributed by atoms with van der Waals surface area (Å²) >= 11 is 0. The van der Waals surface area contributed by atoms with Crippen LogP contribution in [0.15, 0.2) is 24.3 Å². The van der Waals surface area contributed by atoms with Gasteiger partial charge in [0.25, 0.3) is 0 Å². The van der Waals surface area contributed by atoms with Crippen LogP contribution in [0.4, 0.5) is 0 Å². The molecule has 0 radical (unpaired) electrons. The molecule has 2 rings (SSSR count). The lowest BCUT2D eigenvalue weighted by molar-refractivity contribution is -0.136. The Labute approximate surface area is 107 Å². The van der Waals surface area contributed by atoms with E-state index in [1.807, 2.05) is 24.3 Å². The predicted molar refractivity (Wildman–Crippen MR) is 68.5 cm³/mol. The maximum Gasteiger partial charge on any atom is 0.307 e. The number of hydrogen-bond acceptors (Lipinski definition) is 3. The van der Waals surface area contributed by atoms with Crippen LogP contribution in [0.25, 0.3) is 0 Å². The number of piperidine rings is 1. The zero-order valence-electron chi connectivity index (χ0n) is 10.4. The van der Waals surface area contributed by atoms with Gasteiger partial charge in [0.15, 0.2) is 0 Å². The molecule has 2 N–H and O–H groups in total. The van der Waals surface area contributed by atoms with Crippen LogP contribution >= 0.6 is 0 Å². The Morgan fingerprint density at radius 2 is 2.17 bits per heavy atom. The molecule has 4 heteroatoms. The summed E-state index contributed by atoms with van der Waals surface area (Å²) in [6.07, 6.45) is 2.52. The van der Waals surface area contributed by atoms with Gasteiger partial charge in [-0.05, 0) is 30.5 Å². The van der Waals surface area contributed by atoms with E-state index in [0.29, 0.717) is 6.61 Å². The largest absolute Gasteiger partial charge is 0.481 e. The minimum absolute atomic E-state index is 0.0580. The van der Waals surface area contributed by atoms with Gasteiger partial charge in [-0.3, -0.25) is 4.79 Å². The molecule has 1 atom stereocenters. The number of carboxylic acids is 1. The number of carbonyl (C=O) groups is 1. The van der Waals surface area contributed by atoms with Gasteiger partial charge in [-0.15, -0.1) is 0 Å². The topological polar surface area (TPSA) is 58.6 Å². The van der Waals surface area contributed by atoms with Gasteiger partial charge in [-0.1, -0.05) is 24.3 Å². The molecule has 1 aliphatic heterocycles. The quantitative estimate of drug-likeness (QED) is 0.832. The van der Waals surface area contributed by atoms with Crippen molar-refractivity contribution >= 4 is 5.97 Å². The number of aliphatic carboxylic acids is 1. The molecule has 0 unspecified atom stereocenters. The number of hydrogen-bond donors (Lipinski definition) is 2. The third kappa shape index (κ3) is 3.82. The summed E-state index contributed by atoms with van der Waals surface area (Å²) < 4.78 is 5.84. The fraction of sp³-hybridized carbons (Fsp3) is 0.500. The smallest absolute Gasteiger partial charge is 0.307 e. The molecule has 98 valence electrons. The van der Waals surface area contributed by atoms with Gasteiger partial charge >= 0.3 is 5.97 Å². The number of nitrogens with one attached hydrogen (secondary N) is 1. The molecule has 1 heterocycles. The lowest BCUT2D eigenvalue weighted by Gasteiger charge is -2.23. The van der Waals surface area contributed by atoms with Gasteiger partial charge < -0.3 is 15.2 Å². The zero-order valence-corrected chi connectivity index (χ0v) is 10.4. The van der Waals surface area contributed by atoms with Crippen LogP contribution in [-0.4, -0.2) is 30.3 Å². The van der Waals surface area contributed by atoms with Crippen LogP contribution < -0.4 is 5.32 Å². The average Bonchev–Trinajstić information content (AvgIpc) is 2.38. The molecular weight excluding hydrogens is 230 g/mol. The van der Waals surface area contributed by atoms with Crippen molar-refractivity contribution in [2.24, 2.45) is 0 Å². The van der Waals surface area contributed by atoms with E-state index in [2.05, 4.69) is 5.32 Å². The number of rotatable bonds is 5. The Morgan fingerprint density at radius 1 is 1.39 bits per heavy atom. The molecule has 18 heavy (non-hydrogen) atoms. The van der Waals surface area contributed by atoms with Gasteiger partial charge in [0.2, 0.25) is 0 Å². The van der Waals surface area contributed by atoms with E-state index in [-0.39, 0.29) is 12.5 Å². The highest BCUT2D eigenvalue weighted by molar-refractivity contribution is 5.70. The number of ether oxygens (including phenoxy) is 1. The van der Waals surface area contributed by atoms with E-state index in [4.69, 9.17) is 9.84 Å². The maximum atomic E-state index is 10.8. The van der Waals surface area contributed by atoms with Crippen molar-refractivity contribution in [3.05, 3.63) is 35.4 Å². The Kier molecular flexibility index (Phi) is 4.73. The fourth-order valence-electron chi connectivity index (χ4n) is 2.20. The highest BCUT2D eigenvalue weighted by atomic mass is 16.5. The third-order valence-corrected chi connectivity index (χ3v) is 3.19. The van der Waals surface area contributed by atoms with Gasteiger partial charge in [-0.25, -0.2) is 0 Å². The highest BCUT2D eigenvalue weighted by Crippen LogP contribution is 2.14. The van der Waals surface area contributed by atoms with E-state index in [9.17, 15) is 4.79 Å². The molecule has 1 aromatic carbocycles.